The molecule has 26 heavy (non-hydrogen) atoms. The van der Waals surface area contributed by atoms with Crippen LogP contribution in [0.4, 0.5) is 0 Å². The lowest BCUT2D eigenvalue weighted by Crippen LogP contribution is -2.30. The zero-order valence-corrected chi connectivity index (χ0v) is 14.7. The van der Waals surface area contributed by atoms with Crippen LogP contribution in [0, 0.1) is 0 Å². The molecule has 0 atom stereocenters. The first kappa shape index (κ1) is 16.6. The van der Waals surface area contributed by atoms with E-state index in [4.69, 9.17) is 8.83 Å². The maximum Gasteiger partial charge on any atom is 0.243 e. The van der Waals surface area contributed by atoms with Gasteiger partial charge in [-0.15, -0.1) is 0 Å². The Morgan fingerprint density at radius 1 is 0.731 bits per heavy atom. The molecule has 0 amide bonds. The topological polar surface area (TPSA) is 63.7 Å². The van der Waals surface area contributed by atoms with Crippen LogP contribution in [-0.2, 0) is 23.1 Å². The number of sulfonamides is 1. The molecule has 0 saturated carbocycles. The molecule has 0 fully saturated rings. The minimum absolute atomic E-state index is 0.128. The number of furan rings is 2. The number of nitrogens with zero attached hydrogens (tertiary/aromatic N) is 1. The van der Waals surface area contributed by atoms with Gasteiger partial charge in [-0.2, -0.15) is 4.31 Å². The maximum atomic E-state index is 13.3. The van der Waals surface area contributed by atoms with Crippen molar-refractivity contribution in [2.45, 2.75) is 18.0 Å². The largest absolute Gasteiger partial charge is 0.468 e. The first-order chi connectivity index (χ1) is 12.6. The van der Waals surface area contributed by atoms with Crippen LogP contribution < -0.4 is 0 Å². The molecule has 2 heterocycles. The molecule has 0 aliphatic heterocycles. The molecule has 6 heteroatoms. The van der Waals surface area contributed by atoms with Gasteiger partial charge in [0, 0.05) is 0 Å². The molecule has 0 bridgehead atoms. The molecule has 0 aliphatic carbocycles. The lowest BCUT2D eigenvalue weighted by molar-refractivity contribution is 0.330. The van der Waals surface area contributed by atoms with Crippen LogP contribution in [0.15, 0.2) is 93.0 Å². The highest BCUT2D eigenvalue weighted by Gasteiger charge is 2.27. The van der Waals surface area contributed by atoms with E-state index in [-0.39, 0.29) is 18.0 Å². The third-order valence-electron chi connectivity index (χ3n) is 4.18. The SMILES string of the molecule is O=S(=O)(c1ccc2ccccc2c1)N(Cc1ccco1)Cc1ccco1. The van der Waals surface area contributed by atoms with Crippen molar-refractivity contribution in [1.29, 1.82) is 0 Å². The van der Waals surface area contributed by atoms with Gasteiger partial charge in [0.1, 0.15) is 11.5 Å². The third kappa shape index (κ3) is 3.29. The molecule has 2 aromatic heterocycles. The third-order valence-corrected chi connectivity index (χ3v) is 5.97. The Bertz CT molecular complexity index is 1060. The van der Waals surface area contributed by atoms with Crippen molar-refractivity contribution >= 4 is 20.8 Å². The smallest absolute Gasteiger partial charge is 0.243 e. The molecular weight excluding hydrogens is 350 g/mol. The monoisotopic (exact) mass is 367 g/mol. The van der Waals surface area contributed by atoms with Gasteiger partial charge in [0.05, 0.1) is 30.5 Å². The maximum absolute atomic E-state index is 13.3. The number of benzene rings is 2. The quantitative estimate of drug-likeness (QED) is 0.506. The summed E-state index contributed by atoms with van der Waals surface area (Å²) in [7, 11) is -3.73. The molecular formula is C20H17NO4S. The molecule has 0 unspecified atom stereocenters. The number of hydrogen-bond acceptors (Lipinski definition) is 4. The molecule has 0 spiro atoms. The molecule has 4 rings (SSSR count). The fourth-order valence-electron chi connectivity index (χ4n) is 2.86. The van der Waals surface area contributed by atoms with Crippen molar-refractivity contribution in [2.24, 2.45) is 0 Å². The van der Waals surface area contributed by atoms with Crippen LogP contribution in [0.1, 0.15) is 11.5 Å². The van der Waals surface area contributed by atoms with Crippen LogP contribution in [-0.4, -0.2) is 12.7 Å². The van der Waals surface area contributed by atoms with Crippen LogP contribution in [0.5, 0.6) is 0 Å². The van der Waals surface area contributed by atoms with Crippen molar-refractivity contribution in [3.05, 3.63) is 90.8 Å². The summed E-state index contributed by atoms with van der Waals surface area (Å²) in [5.41, 5.74) is 0. The minimum atomic E-state index is -3.73. The molecule has 0 radical (unpaired) electrons. The second-order valence-electron chi connectivity index (χ2n) is 5.94. The fourth-order valence-corrected chi connectivity index (χ4v) is 4.26. The van der Waals surface area contributed by atoms with Gasteiger partial charge in [-0.25, -0.2) is 8.42 Å². The number of rotatable bonds is 6. The Morgan fingerprint density at radius 2 is 1.35 bits per heavy atom. The molecule has 0 saturated heterocycles. The summed E-state index contributed by atoms with van der Waals surface area (Å²) in [5.74, 6) is 1.14. The van der Waals surface area contributed by atoms with E-state index in [9.17, 15) is 8.42 Å². The number of fused-ring (bicyclic) bond motifs is 1. The molecule has 5 nitrogen and oxygen atoms in total. The summed E-state index contributed by atoms with van der Waals surface area (Å²) < 4.78 is 38.6. The van der Waals surface area contributed by atoms with Crippen molar-refractivity contribution in [1.82, 2.24) is 4.31 Å². The first-order valence-electron chi connectivity index (χ1n) is 8.17. The summed E-state index contributed by atoms with van der Waals surface area (Å²) in [6.07, 6.45) is 3.06. The van der Waals surface area contributed by atoms with E-state index < -0.39 is 10.0 Å². The van der Waals surface area contributed by atoms with Crippen molar-refractivity contribution in [2.75, 3.05) is 0 Å². The second kappa shape index (κ2) is 6.82. The summed E-state index contributed by atoms with van der Waals surface area (Å²) in [4.78, 5) is 0.245. The fraction of sp³-hybridized carbons (Fsp3) is 0.100. The summed E-state index contributed by atoms with van der Waals surface area (Å²) in [6.45, 7) is 0.256. The Hall–Kier alpha value is -2.83. The predicted molar refractivity (Wildman–Crippen MR) is 97.8 cm³/mol. The van der Waals surface area contributed by atoms with E-state index in [0.717, 1.165) is 10.8 Å². The average molecular weight is 367 g/mol. The van der Waals surface area contributed by atoms with Gasteiger partial charge in [-0.1, -0.05) is 30.3 Å². The Morgan fingerprint density at radius 3 is 1.92 bits per heavy atom. The average Bonchev–Trinajstić information content (AvgIpc) is 3.35. The number of hydrogen-bond donors (Lipinski definition) is 0. The van der Waals surface area contributed by atoms with Crippen LogP contribution in [0.25, 0.3) is 10.8 Å². The summed E-state index contributed by atoms with van der Waals surface area (Å²) in [5, 5.41) is 1.87. The van der Waals surface area contributed by atoms with E-state index in [2.05, 4.69) is 0 Å². The van der Waals surface area contributed by atoms with Crippen LogP contribution in [0.3, 0.4) is 0 Å². The molecule has 0 aliphatic rings. The summed E-state index contributed by atoms with van der Waals surface area (Å²) in [6, 6.07) is 19.8. The van der Waals surface area contributed by atoms with Gasteiger partial charge in [0.15, 0.2) is 0 Å². The first-order valence-corrected chi connectivity index (χ1v) is 9.61. The zero-order valence-electron chi connectivity index (χ0n) is 13.9. The molecule has 132 valence electrons. The van der Waals surface area contributed by atoms with Gasteiger partial charge in [-0.3, -0.25) is 0 Å². The highest BCUT2D eigenvalue weighted by Crippen LogP contribution is 2.25. The lowest BCUT2D eigenvalue weighted by atomic mass is 10.1. The van der Waals surface area contributed by atoms with E-state index >= 15 is 0 Å². The van der Waals surface area contributed by atoms with Crippen LogP contribution in [0.2, 0.25) is 0 Å². The van der Waals surface area contributed by atoms with Gasteiger partial charge in [0.2, 0.25) is 10.0 Å². The molecule has 0 N–H and O–H groups in total. The van der Waals surface area contributed by atoms with Crippen molar-refractivity contribution in [3.63, 3.8) is 0 Å². The van der Waals surface area contributed by atoms with Crippen LogP contribution >= 0.6 is 0 Å². The van der Waals surface area contributed by atoms with Crippen molar-refractivity contribution < 1.29 is 17.3 Å². The minimum Gasteiger partial charge on any atom is -0.468 e. The normalized spacial score (nSPS) is 12.0. The summed E-state index contributed by atoms with van der Waals surface area (Å²) >= 11 is 0. The highest BCUT2D eigenvalue weighted by molar-refractivity contribution is 7.89. The lowest BCUT2D eigenvalue weighted by Gasteiger charge is -2.20. The van der Waals surface area contributed by atoms with Gasteiger partial charge >= 0.3 is 0 Å². The second-order valence-corrected chi connectivity index (χ2v) is 7.88. The van der Waals surface area contributed by atoms with Crippen molar-refractivity contribution in [3.8, 4) is 0 Å². The van der Waals surface area contributed by atoms with Gasteiger partial charge in [-0.05, 0) is 47.2 Å². The Labute approximate surface area is 151 Å². The highest BCUT2D eigenvalue weighted by atomic mass is 32.2. The van der Waals surface area contributed by atoms with E-state index in [1.165, 1.54) is 16.8 Å². The van der Waals surface area contributed by atoms with E-state index in [1.54, 1.807) is 36.4 Å². The van der Waals surface area contributed by atoms with Gasteiger partial charge in [0.25, 0.3) is 0 Å². The molecule has 2 aromatic carbocycles. The standard InChI is InChI=1S/C20H17NO4S/c22-26(23,20-10-9-16-5-1-2-6-17(16)13-20)21(14-18-7-3-11-24-18)15-19-8-4-12-25-19/h1-13H,14-15H2. The Balaban J connectivity index is 1.73. The predicted octanol–water partition coefficient (Wildman–Crippen LogP) is 4.42. The molecule has 4 aromatic rings. The zero-order chi connectivity index (χ0) is 18.0. The van der Waals surface area contributed by atoms with E-state index in [0.29, 0.717) is 11.5 Å². The Kier molecular flexibility index (Phi) is 4.36. The van der Waals surface area contributed by atoms with Gasteiger partial charge < -0.3 is 8.83 Å². The van der Waals surface area contributed by atoms with E-state index in [1.807, 2.05) is 30.3 Å².